The summed E-state index contributed by atoms with van der Waals surface area (Å²) < 4.78 is 1.76. The first-order valence-corrected chi connectivity index (χ1v) is 10.5. The van der Waals surface area contributed by atoms with Crippen LogP contribution in [0, 0.1) is 11.5 Å². The number of nitrogens with two attached hydrogens (primary N) is 1. The van der Waals surface area contributed by atoms with E-state index in [0.29, 0.717) is 11.5 Å². The third-order valence-electron chi connectivity index (χ3n) is 3.07. The van der Waals surface area contributed by atoms with Gasteiger partial charge in [0.05, 0.1) is 17.3 Å². The fourth-order valence-corrected chi connectivity index (χ4v) is 2.55. The Balaban J connectivity index is 2.08. The van der Waals surface area contributed by atoms with E-state index >= 15 is 0 Å². The number of nitrogens with zero attached hydrogens (tertiary/aromatic N) is 4. The van der Waals surface area contributed by atoms with Gasteiger partial charge in [0.1, 0.15) is 20.2 Å². The van der Waals surface area contributed by atoms with Gasteiger partial charge in [-0.2, -0.15) is 5.10 Å². The Morgan fingerprint density at radius 3 is 2.77 bits per heavy atom. The maximum Gasteiger partial charge on any atom is 0.168 e. The molecule has 1 aromatic carbocycles. The molecule has 0 saturated heterocycles. The molecule has 0 unspecified atom stereocenters. The lowest BCUT2D eigenvalue weighted by Gasteiger charge is -2.05. The topological polar surface area (TPSA) is 69.6 Å². The van der Waals surface area contributed by atoms with E-state index in [1.54, 1.807) is 10.9 Å². The molecule has 110 valence electrons. The number of rotatable bonds is 1. The molecule has 0 aliphatic carbocycles. The van der Waals surface area contributed by atoms with E-state index in [2.05, 4.69) is 46.2 Å². The smallest absolute Gasteiger partial charge is 0.168 e. The second-order valence-electron chi connectivity index (χ2n) is 6.10. The molecular formula is C16H17N5Si. The standard InChI is InChI=1S/C16H17N5Si/c1-22(2,3)8-7-12-5-4-6-13(9-12)21-16-14(10-20-21)15(17)18-11-19-16/h4-6,9-11H,1-3H3,(H2,17,18,19). The van der Waals surface area contributed by atoms with Crippen LogP contribution >= 0.6 is 0 Å². The maximum absolute atomic E-state index is 5.85. The second kappa shape index (κ2) is 5.28. The van der Waals surface area contributed by atoms with E-state index in [0.717, 1.165) is 16.6 Å². The molecule has 0 saturated carbocycles. The van der Waals surface area contributed by atoms with Gasteiger partial charge >= 0.3 is 0 Å². The monoisotopic (exact) mass is 307 g/mol. The van der Waals surface area contributed by atoms with Gasteiger partial charge in [0.15, 0.2) is 5.65 Å². The van der Waals surface area contributed by atoms with Crippen LogP contribution in [0.25, 0.3) is 16.7 Å². The predicted octanol–water partition coefficient (Wildman–Crippen LogP) is 2.63. The molecule has 0 fully saturated rings. The number of hydrogen-bond acceptors (Lipinski definition) is 4. The van der Waals surface area contributed by atoms with Crippen molar-refractivity contribution >= 4 is 24.9 Å². The van der Waals surface area contributed by atoms with Crippen LogP contribution in [0.15, 0.2) is 36.8 Å². The summed E-state index contributed by atoms with van der Waals surface area (Å²) in [6.07, 6.45) is 3.13. The summed E-state index contributed by atoms with van der Waals surface area (Å²) in [5, 5.41) is 5.12. The minimum Gasteiger partial charge on any atom is -0.383 e. The first-order chi connectivity index (χ1) is 10.4. The lowest BCUT2D eigenvalue weighted by Crippen LogP contribution is -2.16. The fourth-order valence-electron chi connectivity index (χ4n) is 2.03. The van der Waals surface area contributed by atoms with Crippen LogP contribution in [0.1, 0.15) is 5.56 Å². The molecule has 3 aromatic rings. The molecule has 0 bridgehead atoms. The van der Waals surface area contributed by atoms with Crippen molar-refractivity contribution in [2.75, 3.05) is 5.73 Å². The quantitative estimate of drug-likeness (QED) is 0.554. The van der Waals surface area contributed by atoms with Crippen LogP contribution in [0.4, 0.5) is 5.82 Å². The van der Waals surface area contributed by atoms with Crippen LogP contribution in [0.2, 0.25) is 19.6 Å². The van der Waals surface area contributed by atoms with E-state index in [1.807, 2.05) is 24.3 Å². The van der Waals surface area contributed by atoms with Crippen LogP contribution in [-0.2, 0) is 0 Å². The number of hydrogen-bond donors (Lipinski definition) is 1. The summed E-state index contributed by atoms with van der Waals surface area (Å²) in [6, 6.07) is 7.97. The highest BCUT2D eigenvalue weighted by atomic mass is 28.3. The van der Waals surface area contributed by atoms with Gasteiger partial charge in [-0.1, -0.05) is 31.6 Å². The highest BCUT2D eigenvalue weighted by Gasteiger charge is 2.10. The second-order valence-corrected chi connectivity index (χ2v) is 10.9. The Labute approximate surface area is 130 Å². The van der Waals surface area contributed by atoms with E-state index in [-0.39, 0.29) is 0 Å². The summed E-state index contributed by atoms with van der Waals surface area (Å²) >= 11 is 0. The van der Waals surface area contributed by atoms with Crippen LogP contribution in [0.5, 0.6) is 0 Å². The summed E-state index contributed by atoms with van der Waals surface area (Å²) in [6.45, 7) is 6.68. The van der Waals surface area contributed by atoms with Crippen LogP contribution in [-0.4, -0.2) is 27.8 Å². The van der Waals surface area contributed by atoms with E-state index in [1.165, 1.54) is 6.33 Å². The van der Waals surface area contributed by atoms with Crippen molar-refractivity contribution < 1.29 is 0 Å². The van der Waals surface area contributed by atoms with Crippen molar-refractivity contribution in [2.24, 2.45) is 0 Å². The normalized spacial score (nSPS) is 11.2. The molecule has 0 spiro atoms. The Bertz CT molecular complexity index is 896. The SMILES string of the molecule is C[Si](C)(C)C#Cc1cccc(-n2ncc3c(N)ncnc32)c1. The molecule has 0 aliphatic heterocycles. The number of fused-ring (bicyclic) bond motifs is 1. The average molecular weight is 307 g/mol. The predicted molar refractivity (Wildman–Crippen MR) is 91.3 cm³/mol. The summed E-state index contributed by atoms with van der Waals surface area (Å²) in [5.74, 6) is 3.70. The summed E-state index contributed by atoms with van der Waals surface area (Å²) in [7, 11) is -1.40. The highest BCUT2D eigenvalue weighted by molar-refractivity contribution is 6.83. The van der Waals surface area contributed by atoms with Crippen molar-refractivity contribution in [3.8, 4) is 17.2 Å². The molecule has 0 aliphatic rings. The first-order valence-electron chi connectivity index (χ1n) is 7.02. The molecule has 22 heavy (non-hydrogen) atoms. The largest absolute Gasteiger partial charge is 0.383 e. The molecule has 0 amide bonds. The first kappa shape index (κ1) is 14.3. The number of benzene rings is 1. The highest BCUT2D eigenvalue weighted by Crippen LogP contribution is 2.19. The zero-order valence-electron chi connectivity index (χ0n) is 12.8. The minimum absolute atomic E-state index is 0.436. The Morgan fingerprint density at radius 1 is 1.18 bits per heavy atom. The van der Waals surface area contributed by atoms with Crippen molar-refractivity contribution in [2.45, 2.75) is 19.6 Å². The summed E-state index contributed by atoms with van der Waals surface area (Å²) in [4.78, 5) is 8.26. The van der Waals surface area contributed by atoms with Gasteiger partial charge in [0.25, 0.3) is 0 Å². The third-order valence-corrected chi connectivity index (χ3v) is 3.94. The molecule has 0 radical (unpaired) electrons. The third kappa shape index (κ3) is 2.85. The van der Waals surface area contributed by atoms with Gasteiger partial charge in [-0.25, -0.2) is 14.6 Å². The molecule has 2 N–H and O–H groups in total. The van der Waals surface area contributed by atoms with Crippen LogP contribution in [0.3, 0.4) is 0 Å². The van der Waals surface area contributed by atoms with Gasteiger partial charge in [0, 0.05) is 5.56 Å². The molecule has 6 heteroatoms. The molecular weight excluding hydrogens is 290 g/mol. The minimum atomic E-state index is -1.40. The molecule has 2 aromatic heterocycles. The van der Waals surface area contributed by atoms with E-state index in [9.17, 15) is 0 Å². The molecule has 5 nitrogen and oxygen atoms in total. The van der Waals surface area contributed by atoms with E-state index in [4.69, 9.17) is 5.73 Å². The number of anilines is 1. The number of nitrogen functional groups attached to an aromatic ring is 1. The van der Waals surface area contributed by atoms with Gasteiger partial charge < -0.3 is 5.73 Å². The Morgan fingerprint density at radius 2 is 2.00 bits per heavy atom. The zero-order chi connectivity index (χ0) is 15.7. The van der Waals surface area contributed by atoms with Crippen molar-refractivity contribution in [3.63, 3.8) is 0 Å². The lowest BCUT2D eigenvalue weighted by molar-refractivity contribution is 0.895. The van der Waals surface area contributed by atoms with Crippen molar-refractivity contribution in [3.05, 3.63) is 42.4 Å². The van der Waals surface area contributed by atoms with Gasteiger partial charge in [-0.05, 0) is 18.2 Å². The van der Waals surface area contributed by atoms with E-state index < -0.39 is 8.07 Å². The number of aromatic nitrogens is 4. The lowest BCUT2D eigenvalue weighted by atomic mass is 10.2. The van der Waals surface area contributed by atoms with Crippen LogP contribution < -0.4 is 5.73 Å². The van der Waals surface area contributed by atoms with Gasteiger partial charge in [-0.3, -0.25) is 0 Å². The fraction of sp³-hybridized carbons (Fsp3) is 0.188. The maximum atomic E-state index is 5.85. The Kier molecular flexibility index (Phi) is 3.43. The zero-order valence-corrected chi connectivity index (χ0v) is 13.8. The molecule has 0 atom stereocenters. The molecule has 3 rings (SSSR count). The average Bonchev–Trinajstić information content (AvgIpc) is 2.90. The Hall–Kier alpha value is -2.65. The van der Waals surface area contributed by atoms with Gasteiger partial charge in [-0.15, -0.1) is 5.54 Å². The summed E-state index contributed by atoms with van der Waals surface area (Å²) in [5.41, 5.74) is 11.8. The molecule has 2 heterocycles. The van der Waals surface area contributed by atoms with Gasteiger partial charge in [0.2, 0.25) is 0 Å². The van der Waals surface area contributed by atoms with Crippen molar-refractivity contribution in [1.29, 1.82) is 0 Å². The van der Waals surface area contributed by atoms with Crippen molar-refractivity contribution in [1.82, 2.24) is 19.7 Å².